The fourth-order valence-corrected chi connectivity index (χ4v) is 3.83. The van der Waals surface area contributed by atoms with E-state index in [2.05, 4.69) is 20.3 Å². The number of nitrogens with zero attached hydrogens (tertiary/aromatic N) is 4. The monoisotopic (exact) mass is 433 g/mol. The normalized spacial score (nSPS) is 17.8. The highest BCUT2D eigenvalue weighted by Gasteiger charge is 2.34. The third-order valence-corrected chi connectivity index (χ3v) is 5.44. The van der Waals surface area contributed by atoms with Gasteiger partial charge in [-0.25, -0.2) is 9.97 Å². The first-order valence-electron chi connectivity index (χ1n) is 10.0. The van der Waals surface area contributed by atoms with Crippen LogP contribution in [-0.4, -0.2) is 38.6 Å². The minimum atomic E-state index is -4.46. The number of imidazole rings is 1. The van der Waals surface area contributed by atoms with E-state index in [9.17, 15) is 18.0 Å². The van der Waals surface area contributed by atoms with Gasteiger partial charge in [-0.3, -0.25) is 9.78 Å². The molecule has 31 heavy (non-hydrogen) atoms. The van der Waals surface area contributed by atoms with Crippen molar-refractivity contribution in [2.75, 3.05) is 13.2 Å². The zero-order chi connectivity index (χ0) is 22.2. The molecule has 1 saturated heterocycles. The number of carbonyl (C=O) groups is 1. The van der Waals surface area contributed by atoms with Crippen LogP contribution in [0.3, 0.4) is 0 Å². The highest BCUT2D eigenvalue weighted by molar-refractivity contribution is 5.92. The van der Waals surface area contributed by atoms with Crippen molar-refractivity contribution in [2.24, 2.45) is 5.92 Å². The van der Waals surface area contributed by atoms with Gasteiger partial charge in [0, 0.05) is 25.3 Å². The fraction of sp³-hybridized carbons (Fsp3) is 0.429. The number of amides is 1. The number of ether oxygens (including phenoxy) is 1. The Morgan fingerprint density at radius 3 is 2.74 bits per heavy atom. The third-order valence-electron chi connectivity index (χ3n) is 5.44. The van der Waals surface area contributed by atoms with Gasteiger partial charge in [0.15, 0.2) is 0 Å². The summed E-state index contributed by atoms with van der Waals surface area (Å²) in [7, 11) is 0. The Balaban J connectivity index is 1.75. The molecule has 1 aromatic carbocycles. The van der Waals surface area contributed by atoms with Gasteiger partial charge in [-0.1, -0.05) is 0 Å². The summed E-state index contributed by atoms with van der Waals surface area (Å²) in [5.41, 5.74) is 0.907. The summed E-state index contributed by atoms with van der Waals surface area (Å²) in [5, 5.41) is 2.96. The molecular weight excluding hydrogens is 411 g/mol. The van der Waals surface area contributed by atoms with Gasteiger partial charge in [0.25, 0.3) is 5.91 Å². The van der Waals surface area contributed by atoms with Crippen LogP contribution in [-0.2, 0) is 17.5 Å². The Labute approximate surface area is 176 Å². The highest BCUT2D eigenvalue weighted by Crippen LogP contribution is 2.34. The molecule has 1 fully saturated rings. The average Bonchev–Trinajstić information content (AvgIpc) is 3.39. The second-order valence-corrected chi connectivity index (χ2v) is 7.53. The van der Waals surface area contributed by atoms with Crippen LogP contribution in [0.2, 0.25) is 0 Å². The van der Waals surface area contributed by atoms with Gasteiger partial charge in [0.1, 0.15) is 11.5 Å². The van der Waals surface area contributed by atoms with Crippen molar-refractivity contribution < 1.29 is 22.7 Å². The number of aromatic nitrogens is 4. The number of fused-ring (bicyclic) bond motifs is 1. The number of hydrogen-bond acceptors (Lipinski definition) is 5. The molecule has 2 aromatic heterocycles. The number of alkyl halides is 3. The van der Waals surface area contributed by atoms with Crippen molar-refractivity contribution in [3.05, 3.63) is 53.4 Å². The van der Waals surface area contributed by atoms with E-state index >= 15 is 0 Å². The van der Waals surface area contributed by atoms with E-state index in [0.717, 1.165) is 12.1 Å². The van der Waals surface area contributed by atoms with E-state index in [0.29, 0.717) is 43.2 Å². The molecule has 4 rings (SSSR count). The smallest absolute Gasteiger partial charge is 0.381 e. The van der Waals surface area contributed by atoms with Crippen LogP contribution in [0.15, 0.2) is 30.6 Å². The largest absolute Gasteiger partial charge is 0.416 e. The summed E-state index contributed by atoms with van der Waals surface area (Å²) in [6.45, 7) is 5.11. The lowest BCUT2D eigenvalue weighted by Crippen LogP contribution is -2.36. The van der Waals surface area contributed by atoms with Gasteiger partial charge in [-0.2, -0.15) is 13.2 Å². The van der Waals surface area contributed by atoms with Gasteiger partial charge in [-0.05, 0) is 38.5 Å². The molecule has 3 aromatic rings. The zero-order valence-electron chi connectivity index (χ0n) is 17.1. The van der Waals surface area contributed by atoms with Gasteiger partial charge in [-0.15, -0.1) is 0 Å². The van der Waals surface area contributed by atoms with Crippen LogP contribution in [0.25, 0.3) is 11.0 Å². The molecule has 0 bridgehead atoms. The van der Waals surface area contributed by atoms with Crippen LogP contribution in [0.1, 0.15) is 47.0 Å². The molecule has 0 saturated carbocycles. The van der Waals surface area contributed by atoms with Crippen LogP contribution >= 0.6 is 0 Å². The molecule has 2 atom stereocenters. The molecule has 7 nitrogen and oxygen atoms in total. The molecule has 0 aliphatic carbocycles. The maximum Gasteiger partial charge on any atom is 0.416 e. The first kappa shape index (κ1) is 21.2. The summed E-state index contributed by atoms with van der Waals surface area (Å²) in [4.78, 5) is 25.6. The number of halogens is 3. The average molecular weight is 433 g/mol. The van der Waals surface area contributed by atoms with E-state index in [-0.39, 0.29) is 17.1 Å². The predicted molar refractivity (Wildman–Crippen MR) is 106 cm³/mol. The molecule has 1 amide bonds. The zero-order valence-corrected chi connectivity index (χ0v) is 17.1. The molecule has 1 N–H and O–H groups in total. The van der Waals surface area contributed by atoms with Crippen molar-refractivity contribution in [2.45, 2.75) is 39.0 Å². The van der Waals surface area contributed by atoms with Crippen molar-refractivity contribution in [3.63, 3.8) is 0 Å². The van der Waals surface area contributed by atoms with E-state index in [4.69, 9.17) is 4.74 Å². The van der Waals surface area contributed by atoms with Crippen LogP contribution < -0.4 is 5.32 Å². The molecule has 1 aliphatic heterocycles. The van der Waals surface area contributed by atoms with Crippen LogP contribution in [0.5, 0.6) is 0 Å². The van der Waals surface area contributed by atoms with Crippen LogP contribution in [0, 0.1) is 12.8 Å². The Kier molecular flexibility index (Phi) is 5.65. The maximum atomic E-state index is 13.2. The molecule has 0 radical (unpaired) electrons. The number of benzene rings is 1. The molecule has 0 unspecified atom stereocenters. The first-order chi connectivity index (χ1) is 14.8. The second-order valence-electron chi connectivity index (χ2n) is 7.53. The SMILES string of the molecule is CCn1c([C@@H](NC(=O)c2cnc(C)cn2)[C@@H]2CCOC2)nc2cc(C(F)(F)F)ccc21. The minimum absolute atomic E-state index is 0.0634. The van der Waals surface area contributed by atoms with Gasteiger partial charge >= 0.3 is 6.18 Å². The third kappa shape index (κ3) is 4.25. The minimum Gasteiger partial charge on any atom is -0.381 e. The first-order valence-corrected chi connectivity index (χ1v) is 10.0. The fourth-order valence-electron chi connectivity index (χ4n) is 3.83. The summed E-state index contributed by atoms with van der Waals surface area (Å²) in [6, 6.07) is 2.97. The van der Waals surface area contributed by atoms with Gasteiger partial charge < -0.3 is 14.6 Å². The topological polar surface area (TPSA) is 81.9 Å². The molecular formula is C21H22F3N5O2. The summed E-state index contributed by atoms with van der Waals surface area (Å²) < 4.78 is 46.9. The molecule has 1 aliphatic rings. The van der Waals surface area contributed by atoms with Crippen LogP contribution in [0.4, 0.5) is 13.2 Å². The Morgan fingerprint density at radius 2 is 2.13 bits per heavy atom. The quantitative estimate of drug-likeness (QED) is 0.664. The van der Waals surface area contributed by atoms with Crippen molar-refractivity contribution in [1.82, 2.24) is 24.8 Å². The number of rotatable bonds is 5. The Hall–Kier alpha value is -3.01. The Bertz CT molecular complexity index is 1090. The van der Waals surface area contributed by atoms with Gasteiger partial charge in [0.05, 0.1) is 41.1 Å². The lowest BCUT2D eigenvalue weighted by molar-refractivity contribution is -0.137. The van der Waals surface area contributed by atoms with E-state index in [1.165, 1.54) is 18.5 Å². The number of aryl methyl sites for hydroxylation is 2. The van der Waals surface area contributed by atoms with Crippen molar-refractivity contribution in [1.29, 1.82) is 0 Å². The van der Waals surface area contributed by atoms with E-state index in [1.807, 2.05) is 11.5 Å². The number of hydrogen-bond donors (Lipinski definition) is 1. The van der Waals surface area contributed by atoms with E-state index < -0.39 is 23.7 Å². The van der Waals surface area contributed by atoms with E-state index in [1.54, 1.807) is 6.92 Å². The lowest BCUT2D eigenvalue weighted by Gasteiger charge is -2.24. The second kappa shape index (κ2) is 8.26. The van der Waals surface area contributed by atoms with Crippen molar-refractivity contribution >= 4 is 16.9 Å². The summed E-state index contributed by atoms with van der Waals surface area (Å²) >= 11 is 0. The molecule has 164 valence electrons. The lowest BCUT2D eigenvalue weighted by atomic mass is 9.98. The summed E-state index contributed by atoms with van der Waals surface area (Å²) in [6.07, 6.45) is -0.861. The maximum absolute atomic E-state index is 13.2. The summed E-state index contributed by atoms with van der Waals surface area (Å²) in [5.74, 6) is 0.0161. The standard InChI is InChI=1S/C21H22F3N5O2/c1-3-29-17-5-4-14(21(22,23)24)8-15(17)27-19(29)18(13-6-7-31-11-13)28-20(30)16-10-25-12(2)9-26-16/h4-5,8-10,13,18H,3,6-7,11H2,1-2H3,(H,28,30)/t13-,18+/m1/s1. The molecule has 10 heteroatoms. The predicted octanol–water partition coefficient (Wildman–Crippen LogP) is 3.68. The molecule has 0 spiro atoms. The molecule has 3 heterocycles. The highest BCUT2D eigenvalue weighted by atomic mass is 19.4. The van der Waals surface area contributed by atoms with Gasteiger partial charge in [0.2, 0.25) is 0 Å². The van der Waals surface area contributed by atoms with Crippen molar-refractivity contribution in [3.8, 4) is 0 Å². The Morgan fingerprint density at radius 1 is 1.32 bits per heavy atom. The number of nitrogens with one attached hydrogen (secondary N) is 1. The number of carbonyl (C=O) groups excluding carboxylic acids is 1.